The number of anilines is 2. The summed E-state index contributed by atoms with van der Waals surface area (Å²) in [6.07, 6.45) is 1.27. The molecule has 4 nitrogen and oxygen atoms in total. The molecule has 0 fully saturated rings. The van der Waals surface area contributed by atoms with E-state index in [-0.39, 0.29) is 5.57 Å². The van der Waals surface area contributed by atoms with E-state index in [4.69, 9.17) is 28.5 Å². The normalized spacial score (nSPS) is 10.8. The fourth-order valence-corrected chi connectivity index (χ4v) is 2.27. The molecule has 0 radical (unpaired) electrons. The molecule has 0 aliphatic rings. The van der Waals surface area contributed by atoms with Gasteiger partial charge in [0.25, 0.3) is 5.91 Å². The van der Waals surface area contributed by atoms with Gasteiger partial charge < -0.3 is 10.6 Å². The molecular weight excluding hydrogens is 333 g/mol. The highest BCUT2D eigenvalue weighted by Gasteiger charge is 2.10. The van der Waals surface area contributed by atoms with Crippen LogP contribution in [-0.2, 0) is 4.79 Å². The molecule has 6 heteroatoms. The average Bonchev–Trinajstić information content (AvgIpc) is 2.52. The molecule has 2 aromatic carbocycles. The van der Waals surface area contributed by atoms with Crippen LogP contribution >= 0.6 is 23.2 Å². The predicted molar refractivity (Wildman–Crippen MR) is 93.6 cm³/mol. The number of benzene rings is 2. The van der Waals surface area contributed by atoms with Gasteiger partial charge in [-0.05, 0) is 31.2 Å². The molecule has 1 amide bonds. The molecule has 23 heavy (non-hydrogen) atoms. The molecule has 0 aliphatic heterocycles. The van der Waals surface area contributed by atoms with E-state index in [9.17, 15) is 4.79 Å². The first-order valence-electron chi connectivity index (χ1n) is 6.70. The monoisotopic (exact) mass is 345 g/mol. The number of hydrogen-bond donors (Lipinski definition) is 2. The lowest BCUT2D eigenvalue weighted by Gasteiger charge is -2.08. The van der Waals surface area contributed by atoms with Crippen molar-refractivity contribution in [3.8, 4) is 6.07 Å². The van der Waals surface area contributed by atoms with E-state index in [0.29, 0.717) is 21.4 Å². The summed E-state index contributed by atoms with van der Waals surface area (Å²) in [6, 6.07) is 14.1. The Morgan fingerprint density at radius 1 is 1.13 bits per heavy atom. The third-order valence-electron chi connectivity index (χ3n) is 3.00. The first kappa shape index (κ1) is 16.9. The van der Waals surface area contributed by atoms with Crippen molar-refractivity contribution in [3.05, 3.63) is 69.8 Å². The van der Waals surface area contributed by atoms with Crippen molar-refractivity contribution in [3.63, 3.8) is 0 Å². The van der Waals surface area contributed by atoms with Gasteiger partial charge in [0.2, 0.25) is 0 Å². The van der Waals surface area contributed by atoms with Gasteiger partial charge in [0, 0.05) is 11.9 Å². The van der Waals surface area contributed by atoms with Crippen LogP contribution in [0.25, 0.3) is 0 Å². The lowest BCUT2D eigenvalue weighted by molar-refractivity contribution is -0.112. The second-order valence-corrected chi connectivity index (χ2v) is 5.55. The molecule has 0 unspecified atom stereocenters. The van der Waals surface area contributed by atoms with Crippen LogP contribution in [0, 0.1) is 18.3 Å². The fraction of sp³-hybridized carbons (Fsp3) is 0.0588. The summed E-state index contributed by atoms with van der Waals surface area (Å²) < 4.78 is 0. The van der Waals surface area contributed by atoms with Crippen molar-refractivity contribution in [1.29, 1.82) is 5.26 Å². The van der Waals surface area contributed by atoms with Gasteiger partial charge in [-0.25, -0.2) is 0 Å². The van der Waals surface area contributed by atoms with Crippen LogP contribution in [0.4, 0.5) is 11.4 Å². The van der Waals surface area contributed by atoms with Gasteiger partial charge in [0.1, 0.15) is 11.6 Å². The maximum atomic E-state index is 12.1. The summed E-state index contributed by atoms with van der Waals surface area (Å²) >= 11 is 12.0. The Hall–Kier alpha value is -2.48. The molecule has 0 spiro atoms. The zero-order chi connectivity index (χ0) is 16.8. The molecule has 0 atom stereocenters. The van der Waals surface area contributed by atoms with Crippen molar-refractivity contribution in [2.24, 2.45) is 0 Å². The Labute approximate surface area is 144 Å². The van der Waals surface area contributed by atoms with E-state index in [1.165, 1.54) is 6.20 Å². The van der Waals surface area contributed by atoms with Crippen molar-refractivity contribution < 1.29 is 4.79 Å². The molecule has 0 aromatic heterocycles. The summed E-state index contributed by atoms with van der Waals surface area (Å²) in [7, 11) is 0. The molecule has 2 aromatic rings. The van der Waals surface area contributed by atoms with Crippen LogP contribution in [0.1, 0.15) is 5.56 Å². The highest BCUT2D eigenvalue weighted by atomic mass is 35.5. The Morgan fingerprint density at radius 3 is 2.30 bits per heavy atom. The SMILES string of the molecule is Cc1ccc(NC(=O)/C(C#N)=C\Nc2c(Cl)cccc2Cl)cc1. The third-order valence-corrected chi connectivity index (χ3v) is 3.63. The van der Waals surface area contributed by atoms with Gasteiger partial charge in [0.05, 0.1) is 15.7 Å². The van der Waals surface area contributed by atoms with Gasteiger partial charge in [-0.2, -0.15) is 5.26 Å². The number of para-hydroxylation sites is 1. The van der Waals surface area contributed by atoms with Crippen molar-refractivity contribution in [2.75, 3.05) is 10.6 Å². The Kier molecular flexibility index (Phi) is 5.64. The van der Waals surface area contributed by atoms with Gasteiger partial charge >= 0.3 is 0 Å². The highest BCUT2D eigenvalue weighted by molar-refractivity contribution is 6.39. The molecule has 116 valence electrons. The largest absolute Gasteiger partial charge is 0.358 e. The minimum absolute atomic E-state index is 0.0958. The lowest BCUT2D eigenvalue weighted by atomic mass is 10.2. The van der Waals surface area contributed by atoms with Crippen LogP contribution in [0.5, 0.6) is 0 Å². The van der Waals surface area contributed by atoms with E-state index in [1.54, 1.807) is 30.3 Å². The molecule has 0 heterocycles. The number of nitriles is 1. The van der Waals surface area contributed by atoms with E-state index >= 15 is 0 Å². The number of aryl methyl sites for hydroxylation is 1. The van der Waals surface area contributed by atoms with Gasteiger partial charge in [-0.3, -0.25) is 4.79 Å². The van der Waals surface area contributed by atoms with E-state index in [1.807, 2.05) is 25.1 Å². The fourth-order valence-electron chi connectivity index (χ4n) is 1.76. The Bertz CT molecular complexity index is 772. The summed E-state index contributed by atoms with van der Waals surface area (Å²) in [5.74, 6) is -0.521. The van der Waals surface area contributed by atoms with Crippen molar-refractivity contribution in [1.82, 2.24) is 0 Å². The quantitative estimate of drug-likeness (QED) is 0.620. The number of carbonyl (C=O) groups is 1. The minimum atomic E-state index is -0.521. The number of halogens is 2. The highest BCUT2D eigenvalue weighted by Crippen LogP contribution is 2.29. The van der Waals surface area contributed by atoms with Crippen LogP contribution in [0.15, 0.2) is 54.2 Å². The van der Waals surface area contributed by atoms with Crippen LogP contribution < -0.4 is 10.6 Å². The summed E-state index contributed by atoms with van der Waals surface area (Å²) in [5.41, 5.74) is 2.03. The van der Waals surface area contributed by atoms with Gasteiger partial charge in [-0.1, -0.05) is 47.0 Å². The Morgan fingerprint density at radius 2 is 1.74 bits per heavy atom. The maximum Gasteiger partial charge on any atom is 0.267 e. The van der Waals surface area contributed by atoms with E-state index < -0.39 is 5.91 Å². The molecule has 2 rings (SSSR count). The van der Waals surface area contributed by atoms with Gasteiger partial charge in [0.15, 0.2) is 0 Å². The summed E-state index contributed by atoms with van der Waals surface area (Å²) in [6.45, 7) is 1.95. The molecule has 0 saturated heterocycles. The standard InChI is InChI=1S/C17H13Cl2N3O/c1-11-5-7-13(8-6-11)22-17(23)12(9-20)10-21-16-14(18)3-2-4-15(16)19/h2-8,10,21H,1H3,(H,22,23)/b12-10-. The van der Waals surface area contributed by atoms with Crippen molar-refractivity contribution >= 4 is 40.5 Å². The minimum Gasteiger partial charge on any atom is -0.358 e. The van der Waals surface area contributed by atoms with Crippen molar-refractivity contribution in [2.45, 2.75) is 6.92 Å². The smallest absolute Gasteiger partial charge is 0.267 e. The second-order valence-electron chi connectivity index (χ2n) is 4.73. The zero-order valence-corrected chi connectivity index (χ0v) is 13.7. The molecule has 2 N–H and O–H groups in total. The first-order chi connectivity index (χ1) is 11.0. The maximum absolute atomic E-state index is 12.1. The van der Waals surface area contributed by atoms with Crippen LogP contribution in [0.2, 0.25) is 10.0 Å². The third kappa shape index (κ3) is 4.49. The number of hydrogen-bond acceptors (Lipinski definition) is 3. The molecule has 0 aliphatic carbocycles. The molecular formula is C17H13Cl2N3O. The molecule has 0 saturated carbocycles. The Balaban J connectivity index is 2.14. The summed E-state index contributed by atoms with van der Waals surface area (Å²) in [5, 5.41) is 15.4. The van der Waals surface area contributed by atoms with Gasteiger partial charge in [-0.15, -0.1) is 0 Å². The summed E-state index contributed by atoms with van der Waals surface area (Å²) in [4.78, 5) is 12.1. The average molecular weight is 346 g/mol. The number of amides is 1. The van der Waals surface area contributed by atoms with Crippen LogP contribution in [-0.4, -0.2) is 5.91 Å². The topological polar surface area (TPSA) is 64.9 Å². The van der Waals surface area contributed by atoms with E-state index in [2.05, 4.69) is 10.6 Å². The number of rotatable bonds is 4. The zero-order valence-electron chi connectivity index (χ0n) is 12.2. The second kappa shape index (κ2) is 7.68. The number of nitrogens with zero attached hydrogens (tertiary/aromatic N) is 1. The lowest BCUT2D eigenvalue weighted by Crippen LogP contribution is -2.14. The number of nitrogens with one attached hydrogen (secondary N) is 2. The predicted octanol–water partition coefficient (Wildman–Crippen LogP) is 4.76. The van der Waals surface area contributed by atoms with E-state index in [0.717, 1.165) is 5.56 Å². The first-order valence-corrected chi connectivity index (χ1v) is 7.45. The number of carbonyl (C=O) groups excluding carboxylic acids is 1. The molecule has 0 bridgehead atoms. The van der Waals surface area contributed by atoms with Crippen LogP contribution in [0.3, 0.4) is 0 Å².